The Labute approximate surface area is 126 Å². The molecule has 1 fully saturated rings. The summed E-state index contributed by atoms with van der Waals surface area (Å²) in [6.45, 7) is 3.84. The van der Waals surface area contributed by atoms with Gasteiger partial charge in [-0.25, -0.2) is 4.98 Å². The van der Waals surface area contributed by atoms with Gasteiger partial charge in [0.2, 0.25) is 11.8 Å². The molecule has 2 unspecified atom stereocenters. The zero-order chi connectivity index (χ0) is 15.1. The molecular formula is C15H25N3O3. The van der Waals surface area contributed by atoms with Gasteiger partial charge >= 0.3 is 0 Å². The van der Waals surface area contributed by atoms with E-state index >= 15 is 0 Å². The van der Waals surface area contributed by atoms with E-state index in [4.69, 9.17) is 14.2 Å². The quantitative estimate of drug-likeness (QED) is 0.792. The van der Waals surface area contributed by atoms with Gasteiger partial charge in [0.25, 0.3) is 0 Å². The SMILES string of the molecule is CCNC(CCC1CCCO1)c1ncc(OC)nc1OC. The molecule has 6 nitrogen and oxygen atoms in total. The zero-order valence-corrected chi connectivity index (χ0v) is 13.1. The molecule has 0 aliphatic carbocycles. The monoisotopic (exact) mass is 295 g/mol. The Hall–Kier alpha value is -1.40. The van der Waals surface area contributed by atoms with Crippen molar-refractivity contribution in [2.24, 2.45) is 0 Å². The fraction of sp³-hybridized carbons (Fsp3) is 0.733. The van der Waals surface area contributed by atoms with Gasteiger partial charge in [-0.15, -0.1) is 0 Å². The molecule has 6 heteroatoms. The molecule has 2 atom stereocenters. The van der Waals surface area contributed by atoms with E-state index in [1.165, 1.54) is 6.42 Å². The molecule has 1 aromatic rings. The van der Waals surface area contributed by atoms with E-state index in [9.17, 15) is 0 Å². The van der Waals surface area contributed by atoms with E-state index in [0.29, 0.717) is 17.9 Å². The largest absolute Gasteiger partial charge is 0.480 e. The second-order valence-corrected chi connectivity index (χ2v) is 5.13. The average Bonchev–Trinajstić information content (AvgIpc) is 3.04. The first-order chi connectivity index (χ1) is 10.3. The van der Waals surface area contributed by atoms with Crippen LogP contribution in [0.5, 0.6) is 11.8 Å². The van der Waals surface area contributed by atoms with E-state index in [-0.39, 0.29) is 6.04 Å². The normalized spacial score (nSPS) is 19.5. The average molecular weight is 295 g/mol. The van der Waals surface area contributed by atoms with E-state index in [1.54, 1.807) is 20.4 Å². The van der Waals surface area contributed by atoms with Crippen molar-refractivity contribution in [2.75, 3.05) is 27.4 Å². The van der Waals surface area contributed by atoms with Crippen molar-refractivity contribution in [3.8, 4) is 11.8 Å². The summed E-state index contributed by atoms with van der Waals surface area (Å²) in [4.78, 5) is 8.78. The van der Waals surface area contributed by atoms with Gasteiger partial charge in [0.05, 0.1) is 32.6 Å². The molecule has 1 aromatic heterocycles. The van der Waals surface area contributed by atoms with Gasteiger partial charge in [-0.05, 0) is 32.2 Å². The Morgan fingerprint density at radius 2 is 2.29 bits per heavy atom. The first-order valence-electron chi connectivity index (χ1n) is 7.58. The van der Waals surface area contributed by atoms with Gasteiger partial charge in [-0.2, -0.15) is 4.98 Å². The van der Waals surface area contributed by atoms with Crippen LogP contribution in [0.15, 0.2) is 6.20 Å². The van der Waals surface area contributed by atoms with Gasteiger partial charge < -0.3 is 19.5 Å². The molecular weight excluding hydrogens is 270 g/mol. The van der Waals surface area contributed by atoms with Gasteiger partial charge in [-0.1, -0.05) is 6.92 Å². The number of aromatic nitrogens is 2. The van der Waals surface area contributed by atoms with Crippen LogP contribution in [0.25, 0.3) is 0 Å². The van der Waals surface area contributed by atoms with Crippen LogP contribution in [0, 0.1) is 0 Å². The first kappa shape index (κ1) is 16.0. The Morgan fingerprint density at radius 1 is 1.43 bits per heavy atom. The van der Waals surface area contributed by atoms with E-state index in [2.05, 4.69) is 22.2 Å². The lowest BCUT2D eigenvalue weighted by molar-refractivity contribution is 0.0993. The first-order valence-corrected chi connectivity index (χ1v) is 7.58. The van der Waals surface area contributed by atoms with Crippen molar-refractivity contribution < 1.29 is 14.2 Å². The lowest BCUT2D eigenvalue weighted by Crippen LogP contribution is -2.24. The lowest BCUT2D eigenvalue weighted by atomic mass is 10.0. The number of rotatable bonds is 8. The van der Waals surface area contributed by atoms with Crippen LogP contribution in [-0.4, -0.2) is 43.4 Å². The molecule has 0 saturated carbocycles. The Morgan fingerprint density at radius 3 is 2.90 bits per heavy atom. The summed E-state index contributed by atoms with van der Waals surface area (Å²) >= 11 is 0. The molecule has 0 spiro atoms. The third-order valence-electron chi connectivity index (χ3n) is 3.73. The number of hydrogen-bond donors (Lipinski definition) is 1. The molecule has 2 heterocycles. The van der Waals surface area contributed by atoms with Crippen molar-refractivity contribution in [1.82, 2.24) is 15.3 Å². The van der Waals surface area contributed by atoms with Crippen LogP contribution in [0.3, 0.4) is 0 Å². The van der Waals surface area contributed by atoms with Gasteiger partial charge in [-0.3, -0.25) is 0 Å². The molecule has 118 valence electrons. The summed E-state index contributed by atoms with van der Waals surface area (Å²) in [6.07, 6.45) is 6.31. The highest BCUT2D eigenvalue weighted by Gasteiger charge is 2.22. The van der Waals surface area contributed by atoms with E-state index in [0.717, 1.165) is 38.1 Å². The van der Waals surface area contributed by atoms with Crippen molar-refractivity contribution in [3.63, 3.8) is 0 Å². The maximum atomic E-state index is 5.70. The fourth-order valence-corrected chi connectivity index (χ4v) is 2.66. The van der Waals surface area contributed by atoms with Gasteiger partial charge in [0, 0.05) is 6.61 Å². The standard InChI is InChI=1S/C15H25N3O3/c1-4-16-12(8-7-11-6-5-9-21-11)14-15(20-3)18-13(19-2)10-17-14/h10-12,16H,4-9H2,1-3H3. The molecule has 1 aliphatic heterocycles. The molecule has 0 radical (unpaired) electrons. The van der Waals surface area contributed by atoms with Crippen LogP contribution in [-0.2, 0) is 4.74 Å². The molecule has 1 saturated heterocycles. The highest BCUT2D eigenvalue weighted by molar-refractivity contribution is 5.25. The summed E-state index contributed by atoms with van der Waals surface area (Å²) in [6, 6.07) is 0.118. The lowest BCUT2D eigenvalue weighted by Gasteiger charge is -2.20. The zero-order valence-electron chi connectivity index (χ0n) is 13.1. The Balaban J connectivity index is 2.08. The highest BCUT2D eigenvalue weighted by atomic mass is 16.5. The summed E-state index contributed by atoms with van der Waals surface area (Å²) in [5.41, 5.74) is 0.832. The molecule has 21 heavy (non-hydrogen) atoms. The van der Waals surface area contributed by atoms with Crippen LogP contribution in [0.2, 0.25) is 0 Å². The number of hydrogen-bond acceptors (Lipinski definition) is 6. The van der Waals surface area contributed by atoms with Crippen LogP contribution < -0.4 is 14.8 Å². The number of ether oxygens (including phenoxy) is 3. The molecule has 0 amide bonds. The smallest absolute Gasteiger partial charge is 0.240 e. The third kappa shape index (κ3) is 4.28. The second-order valence-electron chi connectivity index (χ2n) is 5.13. The molecule has 0 bridgehead atoms. The van der Waals surface area contributed by atoms with Crippen molar-refractivity contribution in [2.45, 2.75) is 44.8 Å². The van der Waals surface area contributed by atoms with Crippen LogP contribution in [0.4, 0.5) is 0 Å². The highest BCUT2D eigenvalue weighted by Crippen LogP contribution is 2.28. The molecule has 0 aromatic carbocycles. The Bertz CT molecular complexity index is 436. The second kappa shape index (κ2) is 8.14. The maximum absolute atomic E-state index is 5.70. The molecule has 1 aliphatic rings. The van der Waals surface area contributed by atoms with Gasteiger partial charge in [0.1, 0.15) is 5.69 Å². The van der Waals surface area contributed by atoms with Crippen molar-refractivity contribution in [1.29, 1.82) is 0 Å². The third-order valence-corrected chi connectivity index (χ3v) is 3.73. The number of nitrogens with zero attached hydrogens (tertiary/aromatic N) is 2. The summed E-state index contributed by atoms with van der Waals surface area (Å²) < 4.78 is 16.2. The van der Waals surface area contributed by atoms with Crippen LogP contribution >= 0.6 is 0 Å². The predicted molar refractivity (Wildman–Crippen MR) is 79.8 cm³/mol. The minimum Gasteiger partial charge on any atom is -0.480 e. The van der Waals surface area contributed by atoms with E-state index < -0.39 is 0 Å². The summed E-state index contributed by atoms with van der Waals surface area (Å²) in [5, 5.41) is 3.46. The maximum Gasteiger partial charge on any atom is 0.240 e. The Kier molecular flexibility index (Phi) is 6.20. The van der Waals surface area contributed by atoms with Gasteiger partial charge in [0.15, 0.2) is 0 Å². The number of nitrogens with one attached hydrogen (secondary N) is 1. The van der Waals surface area contributed by atoms with Crippen LogP contribution in [0.1, 0.15) is 44.3 Å². The summed E-state index contributed by atoms with van der Waals surface area (Å²) in [5.74, 6) is 0.984. The van der Waals surface area contributed by atoms with Crippen molar-refractivity contribution in [3.05, 3.63) is 11.9 Å². The minimum absolute atomic E-state index is 0.118. The number of methoxy groups -OCH3 is 2. The fourth-order valence-electron chi connectivity index (χ4n) is 2.66. The summed E-state index contributed by atoms with van der Waals surface area (Å²) in [7, 11) is 3.18. The predicted octanol–water partition coefficient (Wildman–Crippen LogP) is 2.10. The van der Waals surface area contributed by atoms with Crippen molar-refractivity contribution >= 4 is 0 Å². The van der Waals surface area contributed by atoms with E-state index in [1.807, 2.05) is 0 Å². The minimum atomic E-state index is 0.118. The topological polar surface area (TPSA) is 65.5 Å². The molecule has 1 N–H and O–H groups in total. The molecule has 2 rings (SSSR count).